The molecule has 27 heavy (non-hydrogen) atoms. The van der Waals surface area contributed by atoms with Crippen molar-refractivity contribution in [2.45, 2.75) is 6.67 Å². The van der Waals surface area contributed by atoms with E-state index in [2.05, 4.69) is 27.0 Å². The number of anilines is 1. The van der Waals surface area contributed by atoms with Crippen LogP contribution in [0.1, 0.15) is 0 Å². The minimum Gasteiger partial charge on any atom is -0.495 e. The van der Waals surface area contributed by atoms with Crippen molar-refractivity contribution in [2.75, 3.05) is 38.2 Å². The monoisotopic (exact) mass is 381 g/mol. The molecule has 1 aliphatic rings. The lowest BCUT2D eigenvalue weighted by molar-refractivity contribution is 0.194. The lowest BCUT2D eigenvalue weighted by Gasteiger charge is -2.36. The molecule has 0 aliphatic carbocycles. The first-order valence-corrected chi connectivity index (χ1v) is 9.47. The zero-order valence-corrected chi connectivity index (χ0v) is 16.2. The van der Waals surface area contributed by atoms with Gasteiger partial charge < -0.3 is 9.64 Å². The van der Waals surface area contributed by atoms with Crippen molar-refractivity contribution >= 4 is 17.9 Å². The summed E-state index contributed by atoms with van der Waals surface area (Å²) >= 11 is 5.62. The predicted octanol–water partition coefficient (Wildman–Crippen LogP) is 3.19. The number of nitrogens with zero attached hydrogens (tertiary/aromatic N) is 5. The fraction of sp³-hybridized carbons (Fsp3) is 0.300. The van der Waals surface area contributed by atoms with E-state index in [1.54, 1.807) is 13.4 Å². The third-order valence-corrected chi connectivity index (χ3v) is 5.31. The molecule has 0 amide bonds. The molecule has 1 aromatic heterocycles. The summed E-state index contributed by atoms with van der Waals surface area (Å²) in [5.41, 5.74) is 2.19. The van der Waals surface area contributed by atoms with Crippen LogP contribution in [0.3, 0.4) is 0 Å². The summed E-state index contributed by atoms with van der Waals surface area (Å²) in [5.74, 6) is 0.926. The maximum absolute atomic E-state index is 5.62. The smallest absolute Gasteiger partial charge is 0.203 e. The van der Waals surface area contributed by atoms with Crippen molar-refractivity contribution in [1.82, 2.24) is 19.2 Å². The average molecular weight is 382 g/mol. The predicted molar refractivity (Wildman–Crippen MR) is 109 cm³/mol. The van der Waals surface area contributed by atoms with Gasteiger partial charge in [-0.05, 0) is 36.5 Å². The Morgan fingerprint density at radius 3 is 2.41 bits per heavy atom. The molecule has 0 atom stereocenters. The molecule has 0 saturated carbocycles. The van der Waals surface area contributed by atoms with Gasteiger partial charge in [0.15, 0.2) is 0 Å². The van der Waals surface area contributed by atoms with Crippen molar-refractivity contribution in [1.29, 1.82) is 0 Å². The van der Waals surface area contributed by atoms with E-state index in [4.69, 9.17) is 17.0 Å². The van der Waals surface area contributed by atoms with Crippen molar-refractivity contribution in [3.05, 3.63) is 65.7 Å². The van der Waals surface area contributed by atoms with Crippen LogP contribution in [0.15, 0.2) is 60.9 Å². The Kier molecular flexibility index (Phi) is 5.22. The van der Waals surface area contributed by atoms with Crippen LogP contribution in [0.4, 0.5) is 5.69 Å². The van der Waals surface area contributed by atoms with Gasteiger partial charge >= 0.3 is 0 Å². The van der Waals surface area contributed by atoms with Gasteiger partial charge in [-0.2, -0.15) is 5.10 Å². The van der Waals surface area contributed by atoms with Crippen molar-refractivity contribution in [2.24, 2.45) is 0 Å². The Morgan fingerprint density at radius 2 is 1.67 bits per heavy atom. The van der Waals surface area contributed by atoms with Gasteiger partial charge in [-0.3, -0.25) is 9.47 Å². The van der Waals surface area contributed by atoms with Gasteiger partial charge in [0.1, 0.15) is 12.1 Å². The molecule has 7 heteroatoms. The standard InChI is InChI=1S/C20H23N5OS/c1-26-19-10-6-5-9-18(19)23-13-11-22(12-14-23)16-25-20(27)24(15-21-25)17-7-3-2-4-8-17/h2-10,15H,11-14,16H2,1H3. The van der Waals surface area contributed by atoms with Crippen LogP contribution >= 0.6 is 12.2 Å². The molecule has 4 rings (SSSR count). The summed E-state index contributed by atoms with van der Waals surface area (Å²) in [6, 6.07) is 18.3. The maximum atomic E-state index is 5.62. The second-order valence-corrected chi connectivity index (χ2v) is 6.90. The molecule has 0 radical (unpaired) electrons. The fourth-order valence-corrected chi connectivity index (χ4v) is 3.67. The topological polar surface area (TPSA) is 38.5 Å². The molecule has 1 saturated heterocycles. The van der Waals surface area contributed by atoms with Gasteiger partial charge in [0, 0.05) is 31.9 Å². The first kappa shape index (κ1) is 17.8. The van der Waals surface area contributed by atoms with Gasteiger partial charge in [-0.15, -0.1) is 0 Å². The van der Waals surface area contributed by atoms with Gasteiger partial charge in [-0.1, -0.05) is 30.3 Å². The number of methoxy groups -OCH3 is 1. The first-order chi connectivity index (χ1) is 13.3. The second kappa shape index (κ2) is 7.94. The molecule has 0 spiro atoms. The van der Waals surface area contributed by atoms with E-state index in [1.165, 1.54) is 0 Å². The van der Waals surface area contributed by atoms with Crippen molar-refractivity contribution < 1.29 is 4.74 Å². The summed E-state index contributed by atoms with van der Waals surface area (Å²) in [4.78, 5) is 4.75. The van der Waals surface area contributed by atoms with Crippen LogP contribution in [-0.2, 0) is 6.67 Å². The van der Waals surface area contributed by atoms with E-state index in [-0.39, 0.29) is 0 Å². The van der Waals surface area contributed by atoms with E-state index >= 15 is 0 Å². The minimum atomic E-state index is 0.707. The Bertz CT molecular complexity index is 944. The minimum absolute atomic E-state index is 0.707. The third kappa shape index (κ3) is 3.74. The summed E-state index contributed by atoms with van der Waals surface area (Å²) in [5, 5.41) is 4.49. The number of para-hydroxylation sites is 3. The zero-order valence-electron chi connectivity index (χ0n) is 15.4. The Labute approximate surface area is 164 Å². The highest BCUT2D eigenvalue weighted by atomic mass is 32.1. The quantitative estimate of drug-likeness (QED) is 0.635. The van der Waals surface area contributed by atoms with Gasteiger partial charge in [-0.25, -0.2) is 4.68 Å². The van der Waals surface area contributed by atoms with Gasteiger partial charge in [0.25, 0.3) is 0 Å². The summed E-state index contributed by atoms with van der Waals surface area (Å²) in [6.45, 7) is 4.52. The highest BCUT2D eigenvalue weighted by Gasteiger charge is 2.20. The molecular formula is C20H23N5OS. The van der Waals surface area contributed by atoms with Crippen LogP contribution < -0.4 is 9.64 Å². The molecule has 0 N–H and O–H groups in total. The van der Waals surface area contributed by atoms with Crippen LogP contribution in [0, 0.1) is 4.77 Å². The Morgan fingerprint density at radius 1 is 0.963 bits per heavy atom. The molecule has 0 unspecified atom stereocenters. The Balaban J connectivity index is 1.42. The van der Waals surface area contributed by atoms with E-state index < -0.39 is 0 Å². The number of benzene rings is 2. The highest BCUT2D eigenvalue weighted by molar-refractivity contribution is 7.71. The molecule has 2 heterocycles. The number of piperazine rings is 1. The highest BCUT2D eigenvalue weighted by Crippen LogP contribution is 2.28. The largest absolute Gasteiger partial charge is 0.495 e. The second-order valence-electron chi connectivity index (χ2n) is 6.54. The first-order valence-electron chi connectivity index (χ1n) is 9.06. The molecule has 0 bridgehead atoms. The lowest BCUT2D eigenvalue weighted by Crippen LogP contribution is -2.47. The fourth-order valence-electron chi connectivity index (χ4n) is 3.41. The van der Waals surface area contributed by atoms with E-state index in [9.17, 15) is 0 Å². The summed E-state index contributed by atoms with van der Waals surface area (Å²) < 4.78 is 10.0. The number of aromatic nitrogens is 3. The molecule has 2 aromatic carbocycles. The number of rotatable bonds is 5. The average Bonchev–Trinajstić information content (AvgIpc) is 3.09. The molecule has 1 fully saturated rings. The molecular weight excluding hydrogens is 358 g/mol. The third-order valence-electron chi connectivity index (χ3n) is 4.90. The summed E-state index contributed by atoms with van der Waals surface area (Å²) in [6.07, 6.45) is 1.79. The van der Waals surface area contributed by atoms with E-state index in [0.29, 0.717) is 11.4 Å². The number of hydrogen-bond donors (Lipinski definition) is 0. The van der Waals surface area contributed by atoms with Gasteiger partial charge in [0.05, 0.1) is 19.5 Å². The van der Waals surface area contributed by atoms with Crippen LogP contribution in [0.2, 0.25) is 0 Å². The summed E-state index contributed by atoms with van der Waals surface area (Å²) in [7, 11) is 1.72. The van der Waals surface area contributed by atoms with Crippen LogP contribution in [0.5, 0.6) is 5.75 Å². The Hall–Kier alpha value is -2.64. The lowest BCUT2D eigenvalue weighted by atomic mass is 10.2. The van der Waals surface area contributed by atoms with Crippen molar-refractivity contribution in [3.63, 3.8) is 0 Å². The van der Waals surface area contributed by atoms with Crippen LogP contribution in [0.25, 0.3) is 5.69 Å². The number of hydrogen-bond acceptors (Lipinski definition) is 5. The van der Waals surface area contributed by atoms with Gasteiger partial charge in [0.2, 0.25) is 4.77 Å². The van der Waals surface area contributed by atoms with E-state index in [1.807, 2.05) is 51.7 Å². The molecule has 6 nitrogen and oxygen atoms in total. The molecule has 3 aromatic rings. The number of ether oxygens (including phenoxy) is 1. The van der Waals surface area contributed by atoms with Crippen LogP contribution in [-0.4, -0.2) is 52.5 Å². The normalized spacial score (nSPS) is 15.1. The maximum Gasteiger partial charge on any atom is 0.203 e. The zero-order chi connectivity index (χ0) is 18.6. The SMILES string of the molecule is COc1ccccc1N1CCN(Cn2ncn(-c3ccccc3)c2=S)CC1. The molecule has 140 valence electrons. The van der Waals surface area contributed by atoms with Crippen molar-refractivity contribution in [3.8, 4) is 11.4 Å². The van der Waals surface area contributed by atoms with E-state index in [0.717, 1.165) is 43.3 Å². The molecule has 1 aliphatic heterocycles.